The summed E-state index contributed by atoms with van der Waals surface area (Å²) in [4.78, 5) is 35.4. The highest BCUT2D eigenvalue weighted by Gasteiger charge is 2.37. The van der Waals surface area contributed by atoms with Crippen LogP contribution >= 0.6 is 0 Å². The summed E-state index contributed by atoms with van der Waals surface area (Å²) in [6.07, 6.45) is 2.09. The van der Waals surface area contributed by atoms with Crippen molar-refractivity contribution in [3.8, 4) is 0 Å². The standard InChI is InChI=1S/C20H22N4O2/c25-19-14-16(15-24(19)17-6-2-1-3-7-17)20(26)23-12-10-22(11-13-23)18-8-4-5-9-21-18/h1-9,16H,10-15H2. The van der Waals surface area contributed by atoms with Crippen LogP contribution < -0.4 is 9.80 Å². The Kier molecular flexibility index (Phi) is 4.56. The lowest BCUT2D eigenvalue weighted by atomic mass is 10.1. The van der Waals surface area contributed by atoms with Crippen molar-refractivity contribution in [1.82, 2.24) is 9.88 Å². The molecule has 2 saturated heterocycles. The van der Waals surface area contributed by atoms with E-state index in [1.807, 2.05) is 53.4 Å². The largest absolute Gasteiger partial charge is 0.353 e. The molecule has 1 aromatic heterocycles. The Morgan fingerprint density at radius 2 is 1.69 bits per heavy atom. The summed E-state index contributed by atoms with van der Waals surface area (Å²) in [7, 11) is 0. The van der Waals surface area contributed by atoms with Gasteiger partial charge >= 0.3 is 0 Å². The van der Waals surface area contributed by atoms with E-state index >= 15 is 0 Å². The molecule has 2 aliphatic heterocycles. The molecule has 0 radical (unpaired) electrons. The molecule has 0 N–H and O–H groups in total. The molecule has 3 heterocycles. The van der Waals surface area contributed by atoms with Crippen molar-refractivity contribution in [3.05, 3.63) is 54.7 Å². The number of aromatic nitrogens is 1. The molecule has 2 fully saturated rings. The smallest absolute Gasteiger partial charge is 0.228 e. The highest BCUT2D eigenvalue weighted by atomic mass is 16.2. The van der Waals surface area contributed by atoms with E-state index in [1.54, 1.807) is 11.1 Å². The van der Waals surface area contributed by atoms with E-state index in [0.29, 0.717) is 26.1 Å². The number of hydrogen-bond donors (Lipinski definition) is 0. The average Bonchev–Trinajstić information content (AvgIpc) is 3.10. The molecule has 2 aromatic rings. The van der Waals surface area contributed by atoms with Gasteiger partial charge in [0.05, 0.1) is 5.92 Å². The number of carbonyl (C=O) groups excluding carboxylic acids is 2. The minimum atomic E-state index is -0.246. The number of pyridine rings is 1. The normalized spacial score (nSPS) is 20.5. The maximum Gasteiger partial charge on any atom is 0.228 e. The molecule has 1 atom stereocenters. The lowest BCUT2D eigenvalue weighted by molar-refractivity contribution is -0.136. The van der Waals surface area contributed by atoms with E-state index in [1.165, 1.54) is 0 Å². The van der Waals surface area contributed by atoms with Crippen molar-refractivity contribution in [2.24, 2.45) is 5.92 Å². The minimum absolute atomic E-state index is 0.0293. The van der Waals surface area contributed by atoms with Gasteiger partial charge in [0.1, 0.15) is 5.82 Å². The third kappa shape index (κ3) is 3.27. The second-order valence-corrected chi connectivity index (χ2v) is 6.74. The summed E-state index contributed by atoms with van der Waals surface area (Å²) in [6.45, 7) is 3.36. The van der Waals surface area contributed by atoms with Gasteiger partial charge in [-0.2, -0.15) is 0 Å². The highest BCUT2D eigenvalue weighted by molar-refractivity contribution is 6.00. The third-order valence-corrected chi connectivity index (χ3v) is 5.11. The van der Waals surface area contributed by atoms with E-state index < -0.39 is 0 Å². The van der Waals surface area contributed by atoms with Crippen molar-refractivity contribution >= 4 is 23.3 Å². The minimum Gasteiger partial charge on any atom is -0.353 e. The van der Waals surface area contributed by atoms with Crippen LogP contribution in [0.3, 0.4) is 0 Å². The summed E-state index contributed by atoms with van der Waals surface area (Å²) in [5.74, 6) is 0.828. The number of hydrogen-bond acceptors (Lipinski definition) is 4. The van der Waals surface area contributed by atoms with Crippen molar-refractivity contribution in [2.75, 3.05) is 42.5 Å². The van der Waals surface area contributed by atoms with Gasteiger partial charge in [-0.05, 0) is 24.3 Å². The molecule has 4 rings (SSSR count). The molecule has 2 aliphatic rings. The number of nitrogens with zero attached hydrogens (tertiary/aromatic N) is 4. The molecule has 134 valence electrons. The molecular formula is C20H22N4O2. The monoisotopic (exact) mass is 350 g/mol. The SMILES string of the molecule is O=C(C1CC(=O)N(c2ccccc2)C1)N1CCN(c2ccccn2)CC1. The number of rotatable bonds is 3. The Morgan fingerprint density at radius 1 is 0.962 bits per heavy atom. The molecule has 2 amide bonds. The number of carbonyl (C=O) groups is 2. The topological polar surface area (TPSA) is 56.8 Å². The van der Waals surface area contributed by atoms with Crippen LogP contribution in [0.2, 0.25) is 0 Å². The summed E-state index contributed by atoms with van der Waals surface area (Å²) in [5, 5.41) is 0. The maximum atomic E-state index is 12.9. The number of piperazine rings is 1. The fraction of sp³-hybridized carbons (Fsp3) is 0.350. The van der Waals surface area contributed by atoms with Crippen LogP contribution in [-0.4, -0.2) is 54.4 Å². The van der Waals surface area contributed by atoms with Gasteiger partial charge < -0.3 is 14.7 Å². The van der Waals surface area contributed by atoms with Crippen LogP contribution in [0.4, 0.5) is 11.5 Å². The van der Waals surface area contributed by atoms with Crippen LogP contribution in [0.5, 0.6) is 0 Å². The van der Waals surface area contributed by atoms with Gasteiger partial charge in [0.2, 0.25) is 11.8 Å². The number of benzene rings is 1. The van der Waals surface area contributed by atoms with E-state index in [4.69, 9.17) is 0 Å². The number of para-hydroxylation sites is 1. The van der Waals surface area contributed by atoms with Crippen molar-refractivity contribution < 1.29 is 9.59 Å². The summed E-state index contributed by atoms with van der Waals surface area (Å²) >= 11 is 0. The van der Waals surface area contributed by atoms with Gasteiger partial charge in [-0.15, -0.1) is 0 Å². The third-order valence-electron chi connectivity index (χ3n) is 5.11. The van der Waals surface area contributed by atoms with Crippen LogP contribution in [-0.2, 0) is 9.59 Å². The van der Waals surface area contributed by atoms with E-state index in [-0.39, 0.29) is 17.7 Å². The van der Waals surface area contributed by atoms with E-state index in [2.05, 4.69) is 9.88 Å². The second kappa shape index (κ2) is 7.15. The van der Waals surface area contributed by atoms with Gasteiger partial charge in [-0.3, -0.25) is 9.59 Å². The Labute approximate surface area is 153 Å². The quantitative estimate of drug-likeness (QED) is 0.847. The molecule has 0 bridgehead atoms. The fourth-order valence-corrected chi connectivity index (χ4v) is 3.69. The zero-order chi connectivity index (χ0) is 17.9. The zero-order valence-corrected chi connectivity index (χ0v) is 14.6. The Balaban J connectivity index is 1.36. The van der Waals surface area contributed by atoms with Crippen molar-refractivity contribution in [2.45, 2.75) is 6.42 Å². The maximum absolute atomic E-state index is 12.9. The fourth-order valence-electron chi connectivity index (χ4n) is 3.69. The molecular weight excluding hydrogens is 328 g/mol. The predicted molar refractivity (Wildman–Crippen MR) is 99.9 cm³/mol. The number of amides is 2. The van der Waals surface area contributed by atoms with Crippen LogP contribution in [0, 0.1) is 5.92 Å². The highest BCUT2D eigenvalue weighted by Crippen LogP contribution is 2.26. The van der Waals surface area contributed by atoms with Gasteiger partial charge in [-0.1, -0.05) is 24.3 Å². The van der Waals surface area contributed by atoms with Gasteiger partial charge in [0.15, 0.2) is 0 Å². The van der Waals surface area contributed by atoms with Gasteiger partial charge in [0, 0.05) is 51.0 Å². The summed E-state index contributed by atoms with van der Waals surface area (Å²) in [6, 6.07) is 15.4. The molecule has 6 heteroatoms. The molecule has 26 heavy (non-hydrogen) atoms. The first-order chi connectivity index (χ1) is 12.7. The molecule has 1 aromatic carbocycles. The Morgan fingerprint density at radius 3 is 2.38 bits per heavy atom. The van der Waals surface area contributed by atoms with E-state index in [9.17, 15) is 9.59 Å². The van der Waals surface area contributed by atoms with Gasteiger partial charge in [-0.25, -0.2) is 4.98 Å². The molecule has 1 unspecified atom stereocenters. The molecule has 0 spiro atoms. The first-order valence-electron chi connectivity index (χ1n) is 9.02. The Hall–Kier alpha value is -2.89. The molecule has 6 nitrogen and oxygen atoms in total. The van der Waals surface area contributed by atoms with Crippen molar-refractivity contribution in [1.29, 1.82) is 0 Å². The van der Waals surface area contributed by atoms with Gasteiger partial charge in [0.25, 0.3) is 0 Å². The van der Waals surface area contributed by atoms with E-state index in [0.717, 1.165) is 24.6 Å². The van der Waals surface area contributed by atoms with Crippen LogP contribution in [0.25, 0.3) is 0 Å². The first-order valence-corrected chi connectivity index (χ1v) is 9.02. The lowest BCUT2D eigenvalue weighted by Gasteiger charge is -2.36. The zero-order valence-electron chi connectivity index (χ0n) is 14.6. The van der Waals surface area contributed by atoms with Crippen LogP contribution in [0.1, 0.15) is 6.42 Å². The first kappa shape index (κ1) is 16.6. The Bertz CT molecular complexity index is 773. The average molecular weight is 350 g/mol. The lowest BCUT2D eigenvalue weighted by Crippen LogP contribution is -2.51. The summed E-state index contributed by atoms with van der Waals surface area (Å²) < 4.78 is 0. The summed E-state index contributed by atoms with van der Waals surface area (Å²) in [5.41, 5.74) is 0.868. The van der Waals surface area contributed by atoms with Crippen LogP contribution in [0.15, 0.2) is 54.7 Å². The second-order valence-electron chi connectivity index (χ2n) is 6.74. The predicted octanol–water partition coefficient (Wildman–Crippen LogP) is 1.78. The molecule has 0 saturated carbocycles. The van der Waals surface area contributed by atoms with Crippen molar-refractivity contribution in [3.63, 3.8) is 0 Å². The number of anilines is 2. The molecule has 0 aliphatic carbocycles.